The van der Waals surface area contributed by atoms with Crippen LogP contribution < -0.4 is 5.32 Å². The molecular weight excluding hydrogens is 684 g/mol. The first-order chi connectivity index (χ1) is 26.0. The third kappa shape index (κ3) is 8.27. The van der Waals surface area contributed by atoms with Gasteiger partial charge < -0.3 is 29.6 Å². The van der Waals surface area contributed by atoms with Gasteiger partial charge in [0.1, 0.15) is 11.9 Å². The van der Waals surface area contributed by atoms with Gasteiger partial charge >= 0.3 is 12.1 Å². The first-order valence-electron chi connectivity index (χ1n) is 19.0. The number of amides is 3. The molecule has 286 valence electrons. The minimum Gasteiger partial charge on any atom is -0.469 e. The first kappa shape index (κ1) is 38.5. The normalized spacial score (nSPS) is 19.5. The van der Waals surface area contributed by atoms with Crippen LogP contribution in [0.5, 0.6) is 0 Å². The van der Waals surface area contributed by atoms with Crippen molar-refractivity contribution in [3.63, 3.8) is 0 Å². The third-order valence-corrected chi connectivity index (χ3v) is 11.0. The summed E-state index contributed by atoms with van der Waals surface area (Å²) >= 11 is 0. The largest absolute Gasteiger partial charge is 0.469 e. The lowest BCUT2D eigenvalue weighted by atomic mass is 9.90. The molecule has 3 aliphatic heterocycles. The van der Waals surface area contributed by atoms with Crippen LogP contribution in [0.3, 0.4) is 0 Å². The number of aromatic nitrogens is 2. The fourth-order valence-electron chi connectivity index (χ4n) is 7.85. The average Bonchev–Trinajstić information content (AvgIpc) is 4.02. The highest BCUT2D eigenvalue weighted by Gasteiger charge is 2.39. The molecule has 0 aliphatic carbocycles. The number of esters is 1. The Morgan fingerprint density at radius 2 is 1.39 bits per heavy atom. The summed E-state index contributed by atoms with van der Waals surface area (Å²) in [7, 11) is 2.65. The summed E-state index contributed by atoms with van der Waals surface area (Å²) in [5.41, 5.74) is 7.25. The van der Waals surface area contributed by atoms with Crippen LogP contribution in [-0.4, -0.2) is 88.7 Å². The summed E-state index contributed by atoms with van der Waals surface area (Å²) in [5.74, 6) is -0.234. The number of H-pyrrole nitrogens is 1. The molecule has 1 aromatic heterocycles. The van der Waals surface area contributed by atoms with E-state index in [1.54, 1.807) is 0 Å². The number of carbonyl (C=O) groups is 4. The molecule has 4 heterocycles. The number of alkyl carbamates (subject to hydrolysis) is 1. The Balaban J connectivity index is 1.07. The average molecular weight is 737 g/mol. The van der Waals surface area contributed by atoms with E-state index < -0.39 is 18.1 Å². The van der Waals surface area contributed by atoms with E-state index in [2.05, 4.69) is 63.8 Å². The fraction of sp³-hybridized carbons (Fsp3) is 0.476. The van der Waals surface area contributed by atoms with Gasteiger partial charge in [-0.05, 0) is 65.3 Å². The van der Waals surface area contributed by atoms with Crippen LogP contribution in [0.25, 0.3) is 28.0 Å². The van der Waals surface area contributed by atoms with Crippen LogP contribution in [0.1, 0.15) is 83.6 Å². The molecule has 12 heteroatoms. The van der Waals surface area contributed by atoms with E-state index in [1.807, 2.05) is 49.9 Å². The van der Waals surface area contributed by atoms with Crippen molar-refractivity contribution in [2.24, 2.45) is 22.7 Å². The van der Waals surface area contributed by atoms with Crippen LogP contribution in [-0.2, 0) is 23.9 Å². The maximum absolute atomic E-state index is 13.6. The van der Waals surface area contributed by atoms with E-state index in [-0.39, 0.29) is 48.1 Å². The summed E-state index contributed by atoms with van der Waals surface area (Å²) in [6.45, 7) is 9.04. The molecule has 0 bridgehead atoms. The first-order valence-corrected chi connectivity index (χ1v) is 19.0. The Morgan fingerprint density at radius 1 is 0.796 bits per heavy atom. The van der Waals surface area contributed by atoms with Gasteiger partial charge in [-0.2, -0.15) is 0 Å². The van der Waals surface area contributed by atoms with Crippen molar-refractivity contribution >= 4 is 35.2 Å². The van der Waals surface area contributed by atoms with E-state index in [1.165, 1.54) is 14.2 Å². The van der Waals surface area contributed by atoms with E-state index in [4.69, 9.17) is 14.5 Å². The second-order valence-corrected chi connectivity index (χ2v) is 15.2. The van der Waals surface area contributed by atoms with Gasteiger partial charge in [-0.15, -0.1) is 0 Å². The molecule has 0 unspecified atom stereocenters. The number of methoxy groups -OCH3 is 2. The maximum Gasteiger partial charge on any atom is 0.407 e. The number of imidazole rings is 1. The second-order valence-electron chi connectivity index (χ2n) is 15.2. The molecule has 4 atom stereocenters. The monoisotopic (exact) mass is 736 g/mol. The van der Waals surface area contributed by atoms with Gasteiger partial charge in [0, 0.05) is 31.4 Å². The standard InChI is InChI=1S/C42H52N6O6/c1-25(2)32(22-37(49)53-5)40(50)47-19-7-9-35(47)33-21-31(23-43-33)29-13-11-27(12-14-29)28-15-17-30(18-16-28)34-24-44-39(45-34)36-10-8-20-48(36)41(51)38(26(3)4)46-42(52)54-6/h11-18,23-26,32,35-36,38H,7-10,19-22H2,1-6H3,(H,44,45)(H,46,52)/t32-,35-,36-,38-/m0/s1. The van der Waals surface area contributed by atoms with E-state index in [0.29, 0.717) is 19.5 Å². The number of hydrogen-bond donors (Lipinski definition) is 2. The molecule has 2 aromatic carbocycles. The number of hydrogen-bond acceptors (Lipinski definition) is 8. The quantitative estimate of drug-likeness (QED) is 0.195. The number of carbonyl (C=O) groups excluding carboxylic acids is 4. The molecule has 2 saturated heterocycles. The highest BCUT2D eigenvalue weighted by molar-refractivity contribution is 6.03. The molecule has 3 amide bonds. The van der Waals surface area contributed by atoms with Crippen molar-refractivity contribution in [1.82, 2.24) is 25.1 Å². The number of nitrogens with zero attached hydrogens (tertiary/aromatic N) is 4. The zero-order valence-corrected chi connectivity index (χ0v) is 32.1. The molecular formula is C42H52N6O6. The molecule has 6 rings (SSSR count). The molecule has 0 saturated carbocycles. The Labute approximate surface area is 317 Å². The smallest absolute Gasteiger partial charge is 0.407 e. The van der Waals surface area contributed by atoms with Gasteiger partial charge in [-0.1, -0.05) is 76.2 Å². The maximum atomic E-state index is 13.6. The van der Waals surface area contributed by atoms with Gasteiger partial charge in [0.2, 0.25) is 11.8 Å². The van der Waals surface area contributed by atoms with Crippen LogP contribution in [0.4, 0.5) is 4.79 Å². The number of likely N-dealkylation sites (tertiary alicyclic amines) is 2. The summed E-state index contributed by atoms with van der Waals surface area (Å²) in [6.07, 6.45) is 7.32. The number of nitrogens with one attached hydrogen (secondary N) is 2. The van der Waals surface area contributed by atoms with Crippen molar-refractivity contribution in [2.75, 3.05) is 27.3 Å². The predicted octanol–water partition coefficient (Wildman–Crippen LogP) is 6.80. The topological polar surface area (TPSA) is 146 Å². The number of aromatic amines is 1. The van der Waals surface area contributed by atoms with Crippen molar-refractivity contribution in [3.8, 4) is 22.4 Å². The number of allylic oxidation sites excluding steroid dienone is 1. The summed E-state index contributed by atoms with van der Waals surface area (Å²) in [6, 6.07) is 15.9. The van der Waals surface area contributed by atoms with Crippen molar-refractivity contribution in [2.45, 2.75) is 84.3 Å². The van der Waals surface area contributed by atoms with E-state index >= 15 is 0 Å². The lowest BCUT2D eigenvalue weighted by molar-refractivity contribution is -0.148. The lowest BCUT2D eigenvalue weighted by Crippen LogP contribution is -2.51. The number of ether oxygens (including phenoxy) is 2. The highest BCUT2D eigenvalue weighted by atomic mass is 16.5. The SMILES string of the molecule is COC(=O)C[C@H](C(=O)N1CCC[C@H]1C1=NC=C(c2ccc(-c3ccc(-c4cnc([C@@H]5CCCN5C(=O)[C@@H](NC(=O)OC)C(C)C)[nH]4)cc3)cc2)C1)C(C)C. The van der Waals surface area contributed by atoms with Gasteiger partial charge in [-0.3, -0.25) is 19.4 Å². The minimum atomic E-state index is -0.682. The molecule has 2 N–H and O–H groups in total. The number of aliphatic imine (C=N–C) groups is 1. The molecule has 0 radical (unpaired) electrons. The Bertz CT molecular complexity index is 1900. The van der Waals surface area contributed by atoms with Crippen LogP contribution in [0.2, 0.25) is 0 Å². The van der Waals surface area contributed by atoms with Gasteiger partial charge in [0.05, 0.1) is 50.5 Å². The van der Waals surface area contributed by atoms with E-state index in [0.717, 1.165) is 70.7 Å². The van der Waals surface area contributed by atoms with Crippen LogP contribution in [0, 0.1) is 17.8 Å². The van der Waals surface area contributed by atoms with Crippen molar-refractivity contribution in [3.05, 3.63) is 72.3 Å². The minimum absolute atomic E-state index is 0.0102. The van der Waals surface area contributed by atoms with Crippen LogP contribution in [0.15, 0.2) is 65.9 Å². The number of benzene rings is 2. The Hall–Kier alpha value is -5.26. The van der Waals surface area contributed by atoms with Crippen molar-refractivity contribution < 1.29 is 28.7 Å². The van der Waals surface area contributed by atoms with Crippen molar-refractivity contribution in [1.29, 1.82) is 0 Å². The van der Waals surface area contributed by atoms with Gasteiger partial charge in [0.25, 0.3) is 0 Å². The summed E-state index contributed by atoms with van der Waals surface area (Å²) in [5, 5.41) is 2.70. The zero-order chi connectivity index (χ0) is 38.5. The number of rotatable bonds is 12. The molecule has 12 nitrogen and oxygen atoms in total. The molecule has 3 aromatic rings. The fourth-order valence-corrected chi connectivity index (χ4v) is 7.85. The second kappa shape index (κ2) is 16.8. The predicted molar refractivity (Wildman–Crippen MR) is 207 cm³/mol. The van der Waals surface area contributed by atoms with Crippen LogP contribution >= 0.6 is 0 Å². The Morgan fingerprint density at radius 3 is 1.98 bits per heavy atom. The van der Waals surface area contributed by atoms with E-state index in [9.17, 15) is 19.2 Å². The molecule has 0 spiro atoms. The summed E-state index contributed by atoms with van der Waals surface area (Å²) < 4.78 is 9.63. The highest BCUT2D eigenvalue weighted by Crippen LogP contribution is 2.35. The van der Waals surface area contributed by atoms with Gasteiger partial charge in [-0.25, -0.2) is 9.78 Å². The zero-order valence-electron chi connectivity index (χ0n) is 32.1. The molecule has 2 fully saturated rings. The Kier molecular flexibility index (Phi) is 12.0. The van der Waals surface area contributed by atoms with Gasteiger partial charge in [0.15, 0.2) is 0 Å². The third-order valence-electron chi connectivity index (χ3n) is 11.0. The molecule has 54 heavy (non-hydrogen) atoms. The molecule has 3 aliphatic rings. The lowest BCUT2D eigenvalue weighted by Gasteiger charge is -2.30. The summed E-state index contributed by atoms with van der Waals surface area (Å²) in [4.78, 5) is 67.8.